The quantitative estimate of drug-likeness (QED) is 0.344. The van der Waals surface area contributed by atoms with Crippen LogP contribution in [0.15, 0.2) is 66.7 Å². The summed E-state index contributed by atoms with van der Waals surface area (Å²) in [5.74, 6) is 3.20. The van der Waals surface area contributed by atoms with Crippen LogP contribution in [-0.2, 0) is 11.2 Å². The maximum atomic E-state index is 12.9. The Bertz CT molecular complexity index is 1340. The van der Waals surface area contributed by atoms with Gasteiger partial charge in [-0.1, -0.05) is 36.4 Å². The highest BCUT2D eigenvalue weighted by atomic mass is 16.5. The third-order valence-corrected chi connectivity index (χ3v) is 7.09. The summed E-state index contributed by atoms with van der Waals surface area (Å²) >= 11 is 0. The minimum Gasteiger partial charge on any atom is -0.497 e. The number of carbonyl (C=O) groups excluding carboxylic acids is 1. The number of hydrogen-bond donors (Lipinski definition) is 1. The molecule has 1 amide bonds. The zero-order valence-corrected chi connectivity index (χ0v) is 21.0. The van der Waals surface area contributed by atoms with Crippen molar-refractivity contribution >= 4 is 16.9 Å². The van der Waals surface area contributed by atoms with E-state index in [0.717, 1.165) is 72.5 Å². The summed E-state index contributed by atoms with van der Waals surface area (Å²) in [6.45, 7) is 3.59. The molecule has 0 bridgehead atoms. The number of aromatic amines is 1. The average Bonchev–Trinajstić information content (AvgIpc) is 3.30. The van der Waals surface area contributed by atoms with Gasteiger partial charge < -0.3 is 19.4 Å². The van der Waals surface area contributed by atoms with Crippen LogP contribution in [0, 0.1) is 12.8 Å². The SMILES string of the molecule is COc1cccc(CCC2CCN(C(=O)COc3ccccc3-c3ccc4[nH]c(C)nc4c3)CC2)c1. The van der Waals surface area contributed by atoms with Crippen molar-refractivity contribution < 1.29 is 14.3 Å². The Labute approximate surface area is 212 Å². The van der Waals surface area contributed by atoms with Gasteiger partial charge in [0, 0.05) is 18.7 Å². The smallest absolute Gasteiger partial charge is 0.260 e. The summed E-state index contributed by atoms with van der Waals surface area (Å²) in [5.41, 5.74) is 5.22. The molecule has 2 heterocycles. The van der Waals surface area contributed by atoms with E-state index in [9.17, 15) is 4.79 Å². The van der Waals surface area contributed by atoms with E-state index in [-0.39, 0.29) is 12.5 Å². The second-order valence-corrected chi connectivity index (χ2v) is 9.55. The van der Waals surface area contributed by atoms with Crippen molar-refractivity contribution in [1.82, 2.24) is 14.9 Å². The number of piperidine rings is 1. The molecule has 1 aliphatic rings. The number of aromatic nitrogens is 2. The van der Waals surface area contributed by atoms with Crippen LogP contribution in [0.3, 0.4) is 0 Å². The first-order valence-corrected chi connectivity index (χ1v) is 12.7. The topological polar surface area (TPSA) is 67.4 Å². The van der Waals surface area contributed by atoms with Gasteiger partial charge in [0.2, 0.25) is 0 Å². The molecular weight excluding hydrogens is 450 g/mol. The molecule has 3 aromatic carbocycles. The van der Waals surface area contributed by atoms with Crippen molar-refractivity contribution in [2.24, 2.45) is 5.92 Å². The van der Waals surface area contributed by atoms with Crippen molar-refractivity contribution in [3.05, 3.63) is 78.1 Å². The van der Waals surface area contributed by atoms with Crippen molar-refractivity contribution in [2.75, 3.05) is 26.8 Å². The molecule has 0 radical (unpaired) electrons. The lowest BCUT2D eigenvalue weighted by Crippen LogP contribution is -2.41. The number of methoxy groups -OCH3 is 1. The van der Waals surface area contributed by atoms with Crippen molar-refractivity contribution in [1.29, 1.82) is 0 Å². The Kier molecular flexibility index (Phi) is 7.21. The fraction of sp³-hybridized carbons (Fsp3) is 0.333. The van der Waals surface area contributed by atoms with Gasteiger partial charge in [-0.15, -0.1) is 0 Å². The van der Waals surface area contributed by atoms with Crippen molar-refractivity contribution in [3.8, 4) is 22.6 Å². The number of H-pyrrole nitrogens is 1. The summed E-state index contributed by atoms with van der Waals surface area (Å²) in [6.07, 6.45) is 4.25. The van der Waals surface area contributed by atoms with Crippen LogP contribution in [0.4, 0.5) is 0 Å². The largest absolute Gasteiger partial charge is 0.497 e. The molecule has 4 aromatic rings. The summed E-state index contributed by atoms with van der Waals surface area (Å²) < 4.78 is 11.4. The van der Waals surface area contributed by atoms with Gasteiger partial charge in [0.15, 0.2) is 6.61 Å². The first-order valence-electron chi connectivity index (χ1n) is 12.7. The van der Waals surface area contributed by atoms with Gasteiger partial charge in [0.1, 0.15) is 17.3 Å². The molecule has 36 heavy (non-hydrogen) atoms. The van der Waals surface area contributed by atoms with Crippen LogP contribution in [-0.4, -0.2) is 47.6 Å². The number of fused-ring (bicyclic) bond motifs is 1. The van der Waals surface area contributed by atoms with E-state index in [1.807, 2.05) is 54.3 Å². The Hall–Kier alpha value is -3.80. The number of rotatable bonds is 8. The van der Waals surface area contributed by atoms with Gasteiger partial charge in [-0.2, -0.15) is 0 Å². The van der Waals surface area contributed by atoms with Gasteiger partial charge in [-0.3, -0.25) is 4.79 Å². The zero-order chi connectivity index (χ0) is 24.9. The van der Waals surface area contributed by atoms with E-state index in [4.69, 9.17) is 9.47 Å². The number of aryl methyl sites for hydroxylation is 2. The number of imidazole rings is 1. The number of ether oxygens (including phenoxy) is 2. The van der Waals surface area contributed by atoms with Gasteiger partial charge in [-0.05, 0) is 80.0 Å². The lowest BCUT2D eigenvalue weighted by atomic mass is 9.90. The van der Waals surface area contributed by atoms with Crippen molar-refractivity contribution in [2.45, 2.75) is 32.6 Å². The normalized spacial score (nSPS) is 14.2. The van der Waals surface area contributed by atoms with E-state index >= 15 is 0 Å². The fourth-order valence-corrected chi connectivity index (χ4v) is 5.03. The number of carbonyl (C=O) groups is 1. The molecule has 0 unspecified atom stereocenters. The number of amides is 1. The molecule has 1 saturated heterocycles. The Morgan fingerprint density at radius 1 is 1.06 bits per heavy atom. The molecule has 0 atom stereocenters. The molecule has 1 N–H and O–H groups in total. The van der Waals surface area contributed by atoms with E-state index < -0.39 is 0 Å². The predicted molar refractivity (Wildman–Crippen MR) is 142 cm³/mol. The van der Waals surface area contributed by atoms with Crippen LogP contribution in [0.25, 0.3) is 22.2 Å². The van der Waals surface area contributed by atoms with Crippen LogP contribution < -0.4 is 9.47 Å². The molecule has 1 fully saturated rings. The number of hydrogen-bond acceptors (Lipinski definition) is 4. The molecule has 1 aromatic heterocycles. The van der Waals surface area contributed by atoms with Crippen LogP contribution in [0.2, 0.25) is 0 Å². The Morgan fingerprint density at radius 2 is 1.89 bits per heavy atom. The molecule has 5 rings (SSSR count). The number of likely N-dealkylation sites (tertiary alicyclic amines) is 1. The maximum Gasteiger partial charge on any atom is 0.260 e. The number of benzene rings is 3. The van der Waals surface area contributed by atoms with Gasteiger partial charge in [-0.25, -0.2) is 4.98 Å². The lowest BCUT2D eigenvalue weighted by molar-refractivity contribution is -0.134. The number of nitrogens with one attached hydrogen (secondary N) is 1. The predicted octanol–water partition coefficient (Wildman–Crippen LogP) is 5.80. The van der Waals surface area contributed by atoms with Gasteiger partial charge >= 0.3 is 0 Å². The fourth-order valence-electron chi connectivity index (χ4n) is 5.03. The molecule has 0 saturated carbocycles. The summed E-state index contributed by atoms with van der Waals surface area (Å²) in [7, 11) is 1.70. The third-order valence-electron chi connectivity index (χ3n) is 7.09. The van der Waals surface area contributed by atoms with E-state index in [0.29, 0.717) is 11.7 Å². The maximum absolute atomic E-state index is 12.9. The number of nitrogens with zero attached hydrogens (tertiary/aromatic N) is 2. The zero-order valence-electron chi connectivity index (χ0n) is 21.0. The van der Waals surface area contributed by atoms with E-state index in [1.165, 1.54) is 5.56 Å². The number of para-hydroxylation sites is 1. The average molecular weight is 484 g/mol. The van der Waals surface area contributed by atoms with Crippen LogP contribution in [0.1, 0.15) is 30.7 Å². The summed E-state index contributed by atoms with van der Waals surface area (Å²) in [6, 6.07) is 22.3. The highest BCUT2D eigenvalue weighted by Gasteiger charge is 2.23. The molecule has 186 valence electrons. The minimum atomic E-state index is 0.0504. The molecule has 0 aliphatic carbocycles. The molecule has 6 heteroatoms. The van der Waals surface area contributed by atoms with Crippen LogP contribution in [0.5, 0.6) is 11.5 Å². The Morgan fingerprint density at radius 3 is 2.72 bits per heavy atom. The highest BCUT2D eigenvalue weighted by Crippen LogP contribution is 2.32. The summed E-state index contributed by atoms with van der Waals surface area (Å²) in [4.78, 5) is 22.7. The standard InChI is InChI=1S/C30H33N3O3/c1-21-31-27-13-12-24(19-28(27)32-21)26-8-3-4-9-29(26)36-20-30(34)33-16-14-22(15-17-33)10-11-23-6-5-7-25(18-23)35-2/h3-9,12-13,18-19,22H,10-11,14-17,20H2,1-2H3,(H,31,32). The molecule has 1 aliphatic heterocycles. The lowest BCUT2D eigenvalue weighted by Gasteiger charge is -2.32. The second-order valence-electron chi connectivity index (χ2n) is 9.55. The first kappa shape index (κ1) is 23.9. The van der Waals surface area contributed by atoms with E-state index in [1.54, 1.807) is 7.11 Å². The monoisotopic (exact) mass is 483 g/mol. The van der Waals surface area contributed by atoms with Crippen LogP contribution >= 0.6 is 0 Å². The molecule has 6 nitrogen and oxygen atoms in total. The Balaban J connectivity index is 1.14. The van der Waals surface area contributed by atoms with E-state index in [2.05, 4.69) is 34.2 Å². The second kappa shape index (κ2) is 10.9. The third kappa shape index (κ3) is 5.54. The minimum absolute atomic E-state index is 0.0504. The van der Waals surface area contributed by atoms with Gasteiger partial charge in [0.05, 0.1) is 18.1 Å². The summed E-state index contributed by atoms with van der Waals surface area (Å²) in [5, 5.41) is 0. The van der Waals surface area contributed by atoms with Crippen molar-refractivity contribution in [3.63, 3.8) is 0 Å². The van der Waals surface area contributed by atoms with Gasteiger partial charge in [0.25, 0.3) is 5.91 Å². The molecule has 0 spiro atoms. The molecular formula is C30H33N3O3. The first-order chi connectivity index (χ1) is 17.6. The highest BCUT2D eigenvalue weighted by molar-refractivity contribution is 5.84.